The Labute approximate surface area is 141 Å². The number of carbonyl (C=O) groups excluding carboxylic acids is 1. The van der Waals surface area contributed by atoms with Gasteiger partial charge in [0.1, 0.15) is 5.75 Å². The number of rotatable bonds is 6. The molecular formula is C19H21N3O2. The van der Waals surface area contributed by atoms with Gasteiger partial charge in [-0.25, -0.2) is 4.98 Å². The third kappa shape index (κ3) is 3.40. The number of phenolic OH excluding ortho intramolecular Hbond substituents is 1. The Morgan fingerprint density at radius 1 is 1.17 bits per heavy atom. The van der Waals surface area contributed by atoms with Crippen molar-refractivity contribution in [3.8, 4) is 5.75 Å². The maximum Gasteiger partial charge on any atom is 0.227 e. The van der Waals surface area contributed by atoms with E-state index in [9.17, 15) is 9.90 Å². The Kier molecular flexibility index (Phi) is 4.79. The van der Waals surface area contributed by atoms with Gasteiger partial charge in [0.25, 0.3) is 0 Å². The van der Waals surface area contributed by atoms with Crippen LogP contribution in [0.25, 0.3) is 11.0 Å². The van der Waals surface area contributed by atoms with E-state index in [4.69, 9.17) is 0 Å². The molecular weight excluding hydrogens is 302 g/mol. The van der Waals surface area contributed by atoms with Crippen LogP contribution in [0.15, 0.2) is 48.5 Å². The van der Waals surface area contributed by atoms with Crippen LogP contribution in [0.2, 0.25) is 0 Å². The van der Waals surface area contributed by atoms with Gasteiger partial charge in [-0.15, -0.1) is 0 Å². The van der Waals surface area contributed by atoms with E-state index in [1.165, 1.54) is 0 Å². The monoisotopic (exact) mass is 323 g/mol. The fourth-order valence-electron chi connectivity index (χ4n) is 2.78. The van der Waals surface area contributed by atoms with Gasteiger partial charge in [0, 0.05) is 13.0 Å². The highest BCUT2D eigenvalue weighted by Crippen LogP contribution is 2.21. The largest absolute Gasteiger partial charge is 0.508 e. The number of anilines is 1. The summed E-state index contributed by atoms with van der Waals surface area (Å²) in [6, 6.07) is 15.0. The zero-order chi connectivity index (χ0) is 16.9. The summed E-state index contributed by atoms with van der Waals surface area (Å²) in [5.41, 5.74) is 2.67. The van der Waals surface area contributed by atoms with Gasteiger partial charge in [-0.3, -0.25) is 10.1 Å². The highest BCUT2D eigenvalue weighted by molar-refractivity contribution is 5.91. The minimum atomic E-state index is -0.106. The van der Waals surface area contributed by atoms with Crippen molar-refractivity contribution in [3.63, 3.8) is 0 Å². The van der Waals surface area contributed by atoms with Crippen LogP contribution >= 0.6 is 0 Å². The Morgan fingerprint density at radius 2 is 1.92 bits per heavy atom. The highest BCUT2D eigenvalue weighted by Gasteiger charge is 2.13. The number of aromatic nitrogens is 2. The number of aromatic hydroxyl groups is 1. The predicted molar refractivity (Wildman–Crippen MR) is 95.1 cm³/mol. The smallest absolute Gasteiger partial charge is 0.227 e. The van der Waals surface area contributed by atoms with Gasteiger partial charge in [-0.1, -0.05) is 37.3 Å². The summed E-state index contributed by atoms with van der Waals surface area (Å²) in [6.07, 6.45) is 1.75. The van der Waals surface area contributed by atoms with Crippen molar-refractivity contribution in [1.29, 1.82) is 0 Å². The summed E-state index contributed by atoms with van der Waals surface area (Å²) in [5.74, 6) is 0.703. The van der Waals surface area contributed by atoms with E-state index in [-0.39, 0.29) is 11.7 Å². The van der Waals surface area contributed by atoms with E-state index in [2.05, 4.69) is 17.2 Å². The molecule has 0 spiro atoms. The standard InChI is InChI=1S/C19H21N3O2/c1-2-13-22-16-9-5-4-8-15(16)20-19(22)21-18(24)12-11-14-7-3-6-10-17(14)23/h3-10,23H,2,11-13H2,1H3,(H,20,21,24). The van der Waals surface area contributed by atoms with Crippen LogP contribution in [0.5, 0.6) is 5.75 Å². The molecule has 1 aromatic heterocycles. The lowest BCUT2D eigenvalue weighted by atomic mass is 10.1. The zero-order valence-corrected chi connectivity index (χ0v) is 13.7. The van der Waals surface area contributed by atoms with Crippen molar-refractivity contribution in [1.82, 2.24) is 9.55 Å². The molecule has 3 rings (SSSR count). The molecule has 0 atom stereocenters. The molecule has 0 saturated heterocycles. The van der Waals surface area contributed by atoms with E-state index in [0.717, 1.165) is 29.6 Å². The summed E-state index contributed by atoms with van der Waals surface area (Å²) in [6.45, 7) is 2.90. The normalized spacial score (nSPS) is 10.9. The molecule has 2 aromatic carbocycles. The summed E-state index contributed by atoms with van der Waals surface area (Å²) in [5, 5.41) is 12.7. The van der Waals surface area contributed by atoms with Gasteiger partial charge >= 0.3 is 0 Å². The number of hydrogen-bond donors (Lipinski definition) is 2. The molecule has 0 saturated carbocycles. The number of aryl methyl sites for hydroxylation is 2. The first-order chi connectivity index (χ1) is 11.7. The maximum atomic E-state index is 12.3. The zero-order valence-electron chi connectivity index (χ0n) is 13.7. The third-order valence-corrected chi connectivity index (χ3v) is 3.97. The predicted octanol–water partition coefficient (Wildman–Crippen LogP) is 3.72. The van der Waals surface area contributed by atoms with Gasteiger partial charge in [0.2, 0.25) is 11.9 Å². The number of nitrogens with one attached hydrogen (secondary N) is 1. The highest BCUT2D eigenvalue weighted by atomic mass is 16.3. The molecule has 0 unspecified atom stereocenters. The van der Waals surface area contributed by atoms with E-state index >= 15 is 0 Å². The van der Waals surface area contributed by atoms with Crippen LogP contribution in [0.4, 0.5) is 5.95 Å². The molecule has 0 fully saturated rings. The molecule has 5 nitrogen and oxygen atoms in total. The fraction of sp³-hybridized carbons (Fsp3) is 0.263. The van der Waals surface area contributed by atoms with Crippen LogP contribution in [0, 0.1) is 0 Å². The van der Waals surface area contributed by atoms with Crippen molar-refractivity contribution in [2.24, 2.45) is 0 Å². The average Bonchev–Trinajstić information content (AvgIpc) is 2.92. The molecule has 124 valence electrons. The van der Waals surface area contributed by atoms with Gasteiger partial charge in [-0.2, -0.15) is 0 Å². The second kappa shape index (κ2) is 7.17. The number of fused-ring (bicyclic) bond motifs is 1. The van der Waals surface area contributed by atoms with E-state index in [1.807, 2.05) is 41.0 Å². The molecule has 2 N–H and O–H groups in total. The number of para-hydroxylation sites is 3. The Balaban J connectivity index is 1.73. The van der Waals surface area contributed by atoms with Crippen molar-refractivity contribution in [2.45, 2.75) is 32.7 Å². The van der Waals surface area contributed by atoms with Gasteiger partial charge < -0.3 is 9.67 Å². The molecule has 5 heteroatoms. The Morgan fingerprint density at radius 3 is 2.71 bits per heavy atom. The Hall–Kier alpha value is -2.82. The molecule has 0 bridgehead atoms. The summed E-state index contributed by atoms with van der Waals surface area (Å²) in [4.78, 5) is 16.8. The van der Waals surface area contributed by atoms with E-state index in [0.29, 0.717) is 18.8 Å². The molecule has 1 heterocycles. The van der Waals surface area contributed by atoms with Gasteiger partial charge in [-0.05, 0) is 36.6 Å². The topological polar surface area (TPSA) is 67.2 Å². The van der Waals surface area contributed by atoms with Gasteiger partial charge in [0.15, 0.2) is 0 Å². The number of hydrogen-bond acceptors (Lipinski definition) is 3. The number of benzene rings is 2. The SMILES string of the molecule is CCCn1c(NC(=O)CCc2ccccc2O)nc2ccccc21. The first kappa shape index (κ1) is 16.1. The van der Waals surface area contributed by atoms with Crippen LogP contribution in [-0.2, 0) is 17.8 Å². The summed E-state index contributed by atoms with van der Waals surface area (Å²) >= 11 is 0. The summed E-state index contributed by atoms with van der Waals surface area (Å²) in [7, 11) is 0. The number of amides is 1. The van der Waals surface area contributed by atoms with E-state index < -0.39 is 0 Å². The first-order valence-corrected chi connectivity index (χ1v) is 8.21. The number of nitrogens with zero attached hydrogens (tertiary/aromatic N) is 2. The van der Waals surface area contributed by atoms with Crippen molar-refractivity contribution < 1.29 is 9.90 Å². The van der Waals surface area contributed by atoms with Crippen LogP contribution in [0.1, 0.15) is 25.3 Å². The number of carbonyl (C=O) groups is 1. The fourth-order valence-corrected chi connectivity index (χ4v) is 2.78. The third-order valence-electron chi connectivity index (χ3n) is 3.97. The average molecular weight is 323 g/mol. The molecule has 0 aliphatic carbocycles. The van der Waals surface area contributed by atoms with Crippen LogP contribution < -0.4 is 5.32 Å². The summed E-state index contributed by atoms with van der Waals surface area (Å²) < 4.78 is 2.03. The van der Waals surface area contributed by atoms with E-state index in [1.54, 1.807) is 12.1 Å². The molecule has 1 amide bonds. The first-order valence-electron chi connectivity index (χ1n) is 8.21. The van der Waals surface area contributed by atoms with Crippen molar-refractivity contribution in [3.05, 3.63) is 54.1 Å². The number of phenols is 1. The molecule has 3 aromatic rings. The Bertz CT molecular complexity index is 855. The lowest BCUT2D eigenvalue weighted by Crippen LogP contribution is -2.16. The maximum absolute atomic E-state index is 12.3. The minimum absolute atomic E-state index is 0.106. The van der Waals surface area contributed by atoms with Crippen LogP contribution in [-0.4, -0.2) is 20.6 Å². The lowest BCUT2D eigenvalue weighted by Gasteiger charge is -2.09. The van der Waals surface area contributed by atoms with Gasteiger partial charge in [0.05, 0.1) is 11.0 Å². The van der Waals surface area contributed by atoms with Crippen LogP contribution in [0.3, 0.4) is 0 Å². The molecule has 24 heavy (non-hydrogen) atoms. The molecule has 0 aliphatic heterocycles. The quantitative estimate of drug-likeness (QED) is 0.726. The second-order valence-electron chi connectivity index (χ2n) is 5.75. The lowest BCUT2D eigenvalue weighted by molar-refractivity contribution is -0.116. The van der Waals surface area contributed by atoms with Crippen molar-refractivity contribution in [2.75, 3.05) is 5.32 Å². The van der Waals surface area contributed by atoms with Crippen molar-refractivity contribution >= 4 is 22.9 Å². The minimum Gasteiger partial charge on any atom is -0.508 e. The second-order valence-corrected chi connectivity index (χ2v) is 5.75. The number of imidazole rings is 1. The molecule has 0 radical (unpaired) electrons. The molecule has 0 aliphatic rings.